The Morgan fingerprint density at radius 3 is 2.45 bits per heavy atom. The molecule has 0 fully saturated rings. The molecule has 0 amide bonds. The van der Waals surface area contributed by atoms with Crippen LogP contribution in [-0.2, 0) is 13.1 Å². The molecule has 0 unspecified atom stereocenters. The fourth-order valence-corrected chi connectivity index (χ4v) is 2.55. The largest absolute Gasteiger partial charge is 0.495 e. The lowest BCUT2D eigenvalue weighted by Gasteiger charge is -2.13. The normalized spacial score (nSPS) is 10.6. The van der Waals surface area contributed by atoms with Gasteiger partial charge in [0.15, 0.2) is 0 Å². The van der Waals surface area contributed by atoms with E-state index in [0.717, 1.165) is 24.5 Å². The Hall–Kier alpha value is -2.52. The third-order valence-corrected chi connectivity index (χ3v) is 3.66. The molecule has 0 aliphatic carbocycles. The maximum absolute atomic E-state index is 5.46. The second-order valence-corrected chi connectivity index (χ2v) is 5.13. The zero-order chi connectivity index (χ0) is 15.2. The molecular weight excluding hydrogens is 272 g/mol. The molecular formula is C19H20N2O. The van der Waals surface area contributed by atoms with Gasteiger partial charge in [-0.15, -0.1) is 0 Å². The smallest absolute Gasteiger partial charge is 0.142 e. The van der Waals surface area contributed by atoms with Crippen LogP contribution in [0.15, 0.2) is 72.9 Å². The molecule has 0 aliphatic heterocycles. The minimum absolute atomic E-state index is 0.805. The highest BCUT2D eigenvalue weighted by atomic mass is 16.5. The molecule has 3 heteroatoms. The van der Waals surface area contributed by atoms with E-state index < -0.39 is 0 Å². The number of hydrogen-bond donors (Lipinski definition) is 1. The zero-order valence-electron chi connectivity index (χ0n) is 12.7. The summed E-state index contributed by atoms with van der Waals surface area (Å²) in [7, 11) is 1.70. The Balaban J connectivity index is 1.72. The van der Waals surface area contributed by atoms with E-state index in [4.69, 9.17) is 4.74 Å². The first kappa shape index (κ1) is 14.4. The standard InChI is InChI=1S/C19H20N2O/c1-22-19-12-6-5-11-18(19)21-13-7-10-17(21)15-20-14-16-8-3-2-4-9-16/h2-13,20H,14-15H2,1H3. The van der Waals surface area contributed by atoms with Crippen LogP contribution >= 0.6 is 0 Å². The molecule has 3 rings (SSSR count). The van der Waals surface area contributed by atoms with Crippen molar-refractivity contribution in [3.8, 4) is 11.4 Å². The molecule has 112 valence electrons. The van der Waals surface area contributed by atoms with Crippen molar-refractivity contribution in [2.24, 2.45) is 0 Å². The lowest BCUT2D eigenvalue weighted by Crippen LogP contribution is -2.15. The first-order valence-corrected chi connectivity index (χ1v) is 7.43. The number of methoxy groups -OCH3 is 1. The maximum Gasteiger partial charge on any atom is 0.142 e. The molecule has 0 radical (unpaired) electrons. The van der Waals surface area contributed by atoms with Gasteiger partial charge in [0, 0.05) is 25.0 Å². The molecule has 3 aromatic rings. The van der Waals surface area contributed by atoms with E-state index in [1.165, 1.54) is 11.3 Å². The summed E-state index contributed by atoms with van der Waals surface area (Å²) in [5, 5.41) is 3.49. The molecule has 22 heavy (non-hydrogen) atoms. The Bertz CT molecular complexity index is 719. The summed E-state index contributed by atoms with van der Waals surface area (Å²) < 4.78 is 7.62. The van der Waals surface area contributed by atoms with Gasteiger partial charge in [-0.2, -0.15) is 0 Å². The quantitative estimate of drug-likeness (QED) is 0.748. The van der Waals surface area contributed by atoms with Crippen LogP contribution in [0.2, 0.25) is 0 Å². The van der Waals surface area contributed by atoms with Crippen molar-refractivity contribution in [3.05, 3.63) is 84.2 Å². The second kappa shape index (κ2) is 6.96. The number of nitrogens with one attached hydrogen (secondary N) is 1. The first-order chi connectivity index (χ1) is 10.9. The van der Waals surface area contributed by atoms with E-state index in [1.807, 2.05) is 24.3 Å². The molecule has 3 nitrogen and oxygen atoms in total. The molecule has 1 aromatic heterocycles. The Morgan fingerprint density at radius 2 is 1.64 bits per heavy atom. The van der Waals surface area contributed by atoms with Crippen molar-refractivity contribution in [2.45, 2.75) is 13.1 Å². The zero-order valence-corrected chi connectivity index (χ0v) is 12.7. The minimum atomic E-state index is 0.805. The Kier molecular flexibility index (Phi) is 4.56. The second-order valence-electron chi connectivity index (χ2n) is 5.13. The van der Waals surface area contributed by atoms with Crippen LogP contribution in [0.3, 0.4) is 0 Å². The molecule has 2 aromatic carbocycles. The van der Waals surface area contributed by atoms with Crippen molar-refractivity contribution < 1.29 is 4.74 Å². The number of hydrogen-bond acceptors (Lipinski definition) is 2. The van der Waals surface area contributed by atoms with E-state index in [9.17, 15) is 0 Å². The Labute approximate surface area is 131 Å². The third kappa shape index (κ3) is 3.21. The molecule has 0 atom stereocenters. The van der Waals surface area contributed by atoms with Crippen molar-refractivity contribution in [1.82, 2.24) is 9.88 Å². The number of benzene rings is 2. The maximum atomic E-state index is 5.46. The van der Waals surface area contributed by atoms with Crippen molar-refractivity contribution in [2.75, 3.05) is 7.11 Å². The van der Waals surface area contributed by atoms with Gasteiger partial charge >= 0.3 is 0 Å². The van der Waals surface area contributed by atoms with E-state index in [2.05, 4.69) is 58.5 Å². The summed E-state index contributed by atoms with van der Waals surface area (Å²) >= 11 is 0. The number of para-hydroxylation sites is 2. The average molecular weight is 292 g/mol. The van der Waals surface area contributed by atoms with E-state index in [0.29, 0.717) is 0 Å². The van der Waals surface area contributed by atoms with Gasteiger partial charge in [-0.25, -0.2) is 0 Å². The van der Waals surface area contributed by atoms with Crippen LogP contribution in [0.5, 0.6) is 5.75 Å². The van der Waals surface area contributed by atoms with Crippen LogP contribution in [-0.4, -0.2) is 11.7 Å². The first-order valence-electron chi connectivity index (χ1n) is 7.43. The van der Waals surface area contributed by atoms with Gasteiger partial charge in [0.05, 0.1) is 12.8 Å². The number of nitrogens with zero attached hydrogens (tertiary/aromatic N) is 1. The molecule has 0 aliphatic rings. The van der Waals surface area contributed by atoms with Gasteiger partial charge in [0.1, 0.15) is 5.75 Å². The predicted molar refractivity (Wildman–Crippen MR) is 89.3 cm³/mol. The number of ether oxygens (including phenoxy) is 1. The third-order valence-electron chi connectivity index (χ3n) is 3.66. The lowest BCUT2D eigenvalue weighted by atomic mass is 10.2. The summed E-state index contributed by atoms with van der Waals surface area (Å²) in [6.45, 7) is 1.66. The number of rotatable bonds is 6. The summed E-state index contributed by atoms with van der Waals surface area (Å²) in [6, 6.07) is 22.7. The molecule has 0 saturated heterocycles. The van der Waals surface area contributed by atoms with E-state index in [1.54, 1.807) is 7.11 Å². The van der Waals surface area contributed by atoms with E-state index in [-0.39, 0.29) is 0 Å². The van der Waals surface area contributed by atoms with Crippen LogP contribution in [0.25, 0.3) is 5.69 Å². The van der Waals surface area contributed by atoms with Gasteiger partial charge < -0.3 is 14.6 Å². The van der Waals surface area contributed by atoms with Crippen molar-refractivity contribution >= 4 is 0 Å². The van der Waals surface area contributed by atoms with Crippen LogP contribution < -0.4 is 10.1 Å². The average Bonchev–Trinajstić information content (AvgIpc) is 3.04. The molecule has 0 saturated carbocycles. The lowest BCUT2D eigenvalue weighted by molar-refractivity contribution is 0.412. The summed E-state index contributed by atoms with van der Waals surface area (Å²) in [4.78, 5) is 0. The summed E-state index contributed by atoms with van der Waals surface area (Å²) in [5.74, 6) is 0.878. The SMILES string of the molecule is COc1ccccc1-n1cccc1CNCc1ccccc1. The van der Waals surface area contributed by atoms with Gasteiger partial charge in [-0.05, 0) is 29.8 Å². The number of aromatic nitrogens is 1. The molecule has 0 spiro atoms. The molecule has 1 heterocycles. The van der Waals surface area contributed by atoms with Gasteiger partial charge in [-0.1, -0.05) is 42.5 Å². The highest BCUT2D eigenvalue weighted by Gasteiger charge is 2.07. The van der Waals surface area contributed by atoms with Gasteiger partial charge in [0.2, 0.25) is 0 Å². The minimum Gasteiger partial charge on any atom is -0.495 e. The molecule has 1 N–H and O–H groups in total. The van der Waals surface area contributed by atoms with Crippen LogP contribution in [0, 0.1) is 0 Å². The highest BCUT2D eigenvalue weighted by molar-refractivity contribution is 5.48. The van der Waals surface area contributed by atoms with Crippen LogP contribution in [0.1, 0.15) is 11.3 Å². The van der Waals surface area contributed by atoms with Crippen molar-refractivity contribution in [3.63, 3.8) is 0 Å². The fraction of sp³-hybridized carbons (Fsp3) is 0.158. The van der Waals surface area contributed by atoms with Crippen LogP contribution in [0.4, 0.5) is 0 Å². The predicted octanol–water partition coefficient (Wildman–Crippen LogP) is 3.78. The van der Waals surface area contributed by atoms with E-state index >= 15 is 0 Å². The fourth-order valence-electron chi connectivity index (χ4n) is 2.55. The van der Waals surface area contributed by atoms with Gasteiger partial charge in [-0.3, -0.25) is 0 Å². The molecule has 0 bridgehead atoms. The van der Waals surface area contributed by atoms with Crippen molar-refractivity contribution in [1.29, 1.82) is 0 Å². The highest BCUT2D eigenvalue weighted by Crippen LogP contribution is 2.23. The topological polar surface area (TPSA) is 26.2 Å². The van der Waals surface area contributed by atoms with Gasteiger partial charge in [0.25, 0.3) is 0 Å². The summed E-state index contributed by atoms with van der Waals surface area (Å²) in [5.41, 5.74) is 3.56. The monoisotopic (exact) mass is 292 g/mol. The Morgan fingerprint density at radius 1 is 0.864 bits per heavy atom. The summed E-state index contributed by atoms with van der Waals surface area (Å²) in [6.07, 6.45) is 2.07.